The summed E-state index contributed by atoms with van der Waals surface area (Å²) in [7, 11) is 0. The minimum absolute atomic E-state index is 0.181. The fourth-order valence-corrected chi connectivity index (χ4v) is 4.32. The van der Waals surface area contributed by atoms with Crippen LogP contribution in [0.4, 0.5) is 0 Å². The van der Waals surface area contributed by atoms with Gasteiger partial charge in [0.05, 0.1) is 35.5 Å². The summed E-state index contributed by atoms with van der Waals surface area (Å²) in [4.78, 5) is 74.0. The molecule has 0 heterocycles. The van der Waals surface area contributed by atoms with E-state index in [1.807, 2.05) is 0 Å². The van der Waals surface area contributed by atoms with Gasteiger partial charge in [-0.25, -0.2) is 19.2 Å². The number of carbonyl (C=O) groups is 6. The third-order valence-electron chi connectivity index (χ3n) is 6.85. The number of aliphatic hydroxyl groups is 2. The Labute approximate surface area is 264 Å². The summed E-state index contributed by atoms with van der Waals surface area (Å²) in [5.74, 6) is -6.40. The Morgan fingerprint density at radius 1 is 0.543 bits per heavy atom. The normalized spacial score (nSPS) is 11.4. The maximum Gasteiger partial charge on any atom is 0.339 e. The van der Waals surface area contributed by atoms with Gasteiger partial charge in [0.2, 0.25) is 0 Å². The van der Waals surface area contributed by atoms with Crippen molar-refractivity contribution in [2.45, 2.75) is 51.7 Å². The van der Waals surface area contributed by atoms with E-state index in [1.54, 1.807) is 24.3 Å². The molecule has 0 aliphatic heterocycles. The molecule has 0 amide bonds. The molecule has 3 aromatic rings. The summed E-state index contributed by atoms with van der Waals surface area (Å²) in [6, 6.07) is 14.0. The van der Waals surface area contributed by atoms with Crippen molar-refractivity contribution in [3.63, 3.8) is 0 Å². The molecule has 46 heavy (non-hydrogen) atoms. The number of carbonyl (C=O) groups excluding carboxylic acids is 4. The molecule has 3 aromatic carbocycles. The Morgan fingerprint density at radius 3 is 1.13 bits per heavy atom. The van der Waals surface area contributed by atoms with Crippen molar-refractivity contribution >= 4 is 35.4 Å². The number of benzene rings is 3. The average molecular weight is 635 g/mol. The summed E-state index contributed by atoms with van der Waals surface area (Å²) >= 11 is 0. The standard InChI is InChI=1S/C34H34O12/c1-33(2,43)27(35)21-9-5-19(6-10-21)13-15-45-31(41)25-18-26(24(30(39)40)17-23(25)29(37)38)32(42)46-16-14-20-7-11-22(12-8-20)28(36)34(3,4)44/h5-12,17-18,43-44H,13-16H2,1-4H3,(H,37,38)(H,39,40). The summed E-state index contributed by atoms with van der Waals surface area (Å²) in [5.41, 5.74) is -3.66. The van der Waals surface area contributed by atoms with Gasteiger partial charge in [0.25, 0.3) is 0 Å². The molecule has 0 bridgehead atoms. The van der Waals surface area contributed by atoms with Crippen LogP contribution in [0.5, 0.6) is 0 Å². The Hall–Kier alpha value is -5.20. The summed E-state index contributed by atoms with van der Waals surface area (Å²) < 4.78 is 10.5. The van der Waals surface area contributed by atoms with E-state index in [0.29, 0.717) is 17.2 Å². The molecule has 0 saturated heterocycles. The van der Waals surface area contributed by atoms with Gasteiger partial charge >= 0.3 is 23.9 Å². The van der Waals surface area contributed by atoms with Crippen LogP contribution in [0.15, 0.2) is 60.7 Å². The highest BCUT2D eigenvalue weighted by Gasteiger charge is 2.28. The zero-order valence-corrected chi connectivity index (χ0v) is 25.7. The van der Waals surface area contributed by atoms with E-state index >= 15 is 0 Å². The molecule has 0 aliphatic carbocycles. The van der Waals surface area contributed by atoms with E-state index in [0.717, 1.165) is 6.07 Å². The van der Waals surface area contributed by atoms with E-state index < -0.39 is 68.9 Å². The second kappa shape index (κ2) is 14.3. The predicted molar refractivity (Wildman–Crippen MR) is 162 cm³/mol. The van der Waals surface area contributed by atoms with Gasteiger partial charge in [-0.05, 0) is 51.0 Å². The first-order valence-corrected chi connectivity index (χ1v) is 14.1. The van der Waals surface area contributed by atoms with Gasteiger partial charge < -0.3 is 29.9 Å². The molecular formula is C34H34O12. The summed E-state index contributed by atoms with van der Waals surface area (Å²) in [6.45, 7) is 5.06. The number of carboxylic acids is 2. The van der Waals surface area contributed by atoms with Crippen molar-refractivity contribution in [3.05, 3.63) is 105 Å². The summed E-state index contributed by atoms with van der Waals surface area (Å²) in [6.07, 6.45) is 0.361. The van der Waals surface area contributed by atoms with E-state index in [9.17, 15) is 49.2 Å². The lowest BCUT2D eigenvalue weighted by molar-refractivity contribution is 0.0487. The number of esters is 2. The molecule has 0 radical (unpaired) electrons. The summed E-state index contributed by atoms with van der Waals surface area (Å²) in [5, 5.41) is 39.1. The molecule has 0 atom stereocenters. The van der Waals surface area contributed by atoms with Gasteiger partial charge in [0.15, 0.2) is 11.6 Å². The maximum absolute atomic E-state index is 12.9. The van der Waals surface area contributed by atoms with Crippen LogP contribution in [-0.2, 0) is 22.3 Å². The van der Waals surface area contributed by atoms with Crippen LogP contribution in [0.3, 0.4) is 0 Å². The molecule has 0 unspecified atom stereocenters. The zero-order chi connectivity index (χ0) is 34.4. The van der Waals surface area contributed by atoms with Crippen molar-refractivity contribution < 1.29 is 58.7 Å². The number of hydrogen-bond donors (Lipinski definition) is 4. The largest absolute Gasteiger partial charge is 0.478 e. The van der Waals surface area contributed by atoms with E-state index in [-0.39, 0.29) is 37.2 Å². The Kier molecular flexibility index (Phi) is 10.9. The third-order valence-corrected chi connectivity index (χ3v) is 6.85. The number of Topliss-reactive ketones (excluding diaryl/α,β-unsaturated/α-hetero) is 2. The lowest BCUT2D eigenvalue weighted by atomic mass is 9.96. The van der Waals surface area contributed by atoms with Crippen LogP contribution >= 0.6 is 0 Å². The molecule has 4 N–H and O–H groups in total. The number of ether oxygens (including phenoxy) is 2. The lowest BCUT2D eigenvalue weighted by Gasteiger charge is -2.15. The van der Waals surface area contributed by atoms with Gasteiger partial charge in [0.1, 0.15) is 11.2 Å². The second-order valence-electron chi connectivity index (χ2n) is 11.5. The third kappa shape index (κ3) is 8.93. The van der Waals surface area contributed by atoms with Gasteiger partial charge in [-0.1, -0.05) is 48.5 Å². The monoisotopic (exact) mass is 634 g/mol. The molecule has 0 spiro atoms. The number of hydrogen-bond acceptors (Lipinski definition) is 10. The Bertz CT molecular complexity index is 1530. The molecule has 12 nitrogen and oxygen atoms in total. The Morgan fingerprint density at radius 2 is 0.848 bits per heavy atom. The van der Waals surface area contributed by atoms with Crippen molar-refractivity contribution in [2.75, 3.05) is 13.2 Å². The van der Waals surface area contributed by atoms with Gasteiger partial charge in [-0.15, -0.1) is 0 Å². The molecular weight excluding hydrogens is 600 g/mol. The number of aromatic carboxylic acids is 2. The average Bonchev–Trinajstić information content (AvgIpc) is 2.99. The first kappa shape index (κ1) is 35.3. The minimum atomic E-state index is -1.62. The van der Waals surface area contributed by atoms with Gasteiger partial charge in [-0.2, -0.15) is 0 Å². The smallest absolute Gasteiger partial charge is 0.339 e. The van der Waals surface area contributed by atoms with Gasteiger partial charge in [0, 0.05) is 24.0 Å². The highest BCUT2D eigenvalue weighted by molar-refractivity contribution is 6.09. The number of carboxylic acid groups (broad SMARTS) is 2. The molecule has 0 fully saturated rings. The zero-order valence-electron chi connectivity index (χ0n) is 25.7. The van der Waals surface area contributed by atoms with Crippen LogP contribution < -0.4 is 0 Å². The first-order valence-electron chi connectivity index (χ1n) is 14.1. The SMILES string of the molecule is CC(C)(O)C(=O)c1ccc(CCOC(=O)c2cc(C(=O)OCCc3ccc(C(=O)C(C)(C)O)cc3)c(C(=O)O)cc2C(=O)O)cc1. The molecule has 0 aromatic heterocycles. The first-order chi connectivity index (χ1) is 21.4. The van der Waals surface area contributed by atoms with Crippen LogP contribution in [0.2, 0.25) is 0 Å². The Balaban J connectivity index is 1.72. The second-order valence-corrected chi connectivity index (χ2v) is 11.5. The number of rotatable bonds is 14. The van der Waals surface area contributed by atoms with E-state index in [1.165, 1.54) is 52.0 Å². The maximum atomic E-state index is 12.9. The van der Waals surface area contributed by atoms with Crippen LogP contribution in [0.1, 0.15) is 101 Å². The molecule has 12 heteroatoms. The quantitative estimate of drug-likeness (QED) is 0.148. The molecule has 0 aliphatic rings. The minimum Gasteiger partial charge on any atom is -0.478 e. The van der Waals surface area contributed by atoms with E-state index in [2.05, 4.69) is 0 Å². The molecule has 242 valence electrons. The highest BCUT2D eigenvalue weighted by Crippen LogP contribution is 2.21. The van der Waals surface area contributed by atoms with E-state index in [4.69, 9.17) is 9.47 Å². The van der Waals surface area contributed by atoms with Crippen molar-refractivity contribution in [3.8, 4) is 0 Å². The fourth-order valence-electron chi connectivity index (χ4n) is 4.32. The lowest BCUT2D eigenvalue weighted by Crippen LogP contribution is -2.31. The van der Waals surface area contributed by atoms with Crippen molar-refractivity contribution in [1.29, 1.82) is 0 Å². The topological polar surface area (TPSA) is 202 Å². The van der Waals surface area contributed by atoms with Crippen LogP contribution in [0, 0.1) is 0 Å². The van der Waals surface area contributed by atoms with Crippen molar-refractivity contribution in [1.82, 2.24) is 0 Å². The van der Waals surface area contributed by atoms with Crippen LogP contribution in [0.25, 0.3) is 0 Å². The van der Waals surface area contributed by atoms with Crippen molar-refractivity contribution in [2.24, 2.45) is 0 Å². The molecule has 0 saturated carbocycles. The predicted octanol–water partition coefficient (Wildman–Crippen LogP) is 3.79. The van der Waals surface area contributed by atoms with Gasteiger partial charge in [-0.3, -0.25) is 9.59 Å². The number of ketones is 2. The molecule has 3 rings (SSSR count). The van der Waals surface area contributed by atoms with Crippen LogP contribution in [-0.4, -0.2) is 80.3 Å². The highest BCUT2D eigenvalue weighted by atomic mass is 16.5. The fraction of sp³-hybridized carbons (Fsp3) is 0.294.